The maximum atomic E-state index is 12.1. The van der Waals surface area contributed by atoms with Crippen LogP contribution in [0.3, 0.4) is 0 Å². The number of methoxy groups -OCH3 is 1. The van der Waals surface area contributed by atoms with Crippen LogP contribution in [0.1, 0.15) is 12.1 Å². The summed E-state index contributed by atoms with van der Waals surface area (Å²) in [6, 6.07) is 11.9. The van der Waals surface area contributed by atoms with E-state index >= 15 is 0 Å². The third-order valence-electron chi connectivity index (χ3n) is 4.53. The van der Waals surface area contributed by atoms with Crippen LogP contribution < -0.4 is 15.8 Å². The molecule has 1 aliphatic heterocycles. The van der Waals surface area contributed by atoms with Crippen molar-refractivity contribution in [3.8, 4) is 11.4 Å². The predicted octanol–water partition coefficient (Wildman–Crippen LogP) is 1.13. The zero-order valence-corrected chi connectivity index (χ0v) is 14.1. The number of carbonyl (C=O) groups excluding carboxylic acids is 1. The number of likely N-dealkylation sites (N-methyl/N-ethyl adjacent to an activating group) is 1. The minimum Gasteiger partial charge on any atom is -0.497 e. The molecular formula is C18H24N4O2. The highest BCUT2D eigenvalue weighted by molar-refractivity contribution is 5.81. The van der Waals surface area contributed by atoms with Crippen molar-refractivity contribution in [1.29, 1.82) is 0 Å². The molecule has 24 heavy (non-hydrogen) atoms. The van der Waals surface area contributed by atoms with E-state index in [1.807, 2.05) is 36.5 Å². The number of ether oxygens (including phenoxy) is 1. The Morgan fingerprint density at radius 1 is 1.33 bits per heavy atom. The van der Waals surface area contributed by atoms with Gasteiger partial charge >= 0.3 is 0 Å². The maximum absolute atomic E-state index is 12.1. The summed E-state index contributed by atoms with van der Waals surface area (Å²) < 4.78 is 7.34. The number of carbonyl (C=O) groups is 1. The number of hydrogen-bond donors (Lipinski definition) is 2. The predicted molar refractivity (Wildman–Crippen MR) is 93.2 cm³/mol. The summed E-state index contributed by atoms with van der Waals surface area (Å²) in [5.74, 6) is 0.864. The van der Waals surface area contributed by atoms with Gasteiger partial charge in [-0.1, -0.05) is 0 Å². The maximum Gasteiger partial charge on any atom is 0.237 e. The highest BCUT2D eigenvalue weighted by Crippen LogP contribution is 2.22. The molecule has 3 N–H and O–H groups in total. The monoisotopic (exact) mass is 328 g/mol. The van der Waals surface area contributed by atoms with Gasteiger partial charge < -0.3 is 20.4 Å². The lowest BCUT2D eigenvalue weighted by molar-refractivity contribution is -0.125. The second-order valence-electron chi connectivity index (χ2n) is 6.12. The number of rotatable bonds is 5. The van der Waals surface area contributed by atoms with Crippen molar-refractivity contribution in [2.45, 2.75) is 25.0 Å². The van der Waals surface area contributed by atoms with Gasteiger partial charge in [0.1, 0.15) is 5.75 Å². The summed E-state index contributed by atoms with van der Waals surface area (Å²) in [7, 11) is 3.33. The topological polar surface area (TPSA) is 72.5 Å². The highest BCUT2D eigenvalue weighted by atomic mass is 16.5. The number of nitrogens with zero attached hydrogens (tertiary/aromatic N) is 2. The minimum atomic E-state index is -0.163. The lowest BCUT2D eigenvalue weighted by atomic mass is 10.1. The van der Waals surface area contributed by atoms with E-state index in [2.05, 4.69) is 20.9 Å². The first-order valence-electron chi connectivity index (χ1n) is 8.14. The summed E-state index contributed by atoms with van der Waals surface area (Å²) in [6.07, 6.45) is 2.73. The Labute approximate surface area is 142 Å². The van der Waals surface area contributed by atoms with Gasteiger partial charge in [0.2, 0.25) is 5.91 Å². The number of aromatic nitrogens is 1. The molecule has 0 unspecified atom stereocenters. The van der Waals surface area contributed by atoms with E-state index in [4.69, 9.17) is 10.5 Å². The average Bonchev–Trinajstić information content (AvgIpc) is 3.21. The van der Waals surface area contributed by atoms with Gasteiger partial charge in [-0.15, -0.1) is 0 Å². The molecule has 0 aliphatic carbocycles. The van der Waals surface area contributed by atoms with Gasteiger partial charge in [-0.2, -0.15) is 0 Å². The van der Waals surface area contributed by atoms with Gasteiger partial charge in [0, 0.05) is 43.8 Å². The molecule has 1 aromatic heterocycles. The molecule has 6 nitrogen and oxygen atoms in total. The number of nitrogens with two attached hydrogens (primary N) is 1. The summed E-state index contributed by atoms with van der Waals surface area (Å²) in [4.78, 5) is 14.2. The van der Waals surface area contributed by atoms with Crippen LogP contribution in [0, 0.1) is 0 Å². The Morgan fingerprint density at radius 3 is 2.75 bits per heavy atom. The van der Waals surface area contributed by atoms with Crippen molar-refractivity contribution in [2.24, 2.45) is 5.73 Å². The van der Waals surface area contributed by atoms with E-state index < -0.39 is 0 Å². The third-order valence-corrected chi connectivity index (χ3v) is 4.53. The molecule has 0 saturated carbocycles. The van der Waals surface area contributed by atoms with Crippen LogP contribution in [0.15, 0.2) is 42.6 Å². The molecule has 0 spiro atoms. The zero-order valence-electron chi connectivity index (χ0n) is 14.1. The van der Waals surface area contributed by atoms with E-state index in [0.717, 1.165) is 23.7 Å². The summed E-state index contributed by atoms with van der Waals surface area (Å²) in [6.45, 7) is 1.41. The first-order valence-corrected chi connectivity index (χ1v) is 8.14. The molecule has 0 radical (unpaired) electrons. The van der Waals surface area contributed by atoms with Crippen molar-refractivity contribution < 1.29 is 9.53 Å². The normalized spacial score (nSPS) is 21.0. The third kappa shape index (κ3) is 3.29. The van der Waals surface area contributed by atoms with Crippen LogP contribution in [0.25, 0.3) is 5.69 Å². The first kappa shape index (κ1) is 16.5. The van der Waals surface area contributed by atoms with Crippen LogP contribution >= 0.6 is 0 Å². The van der Waals surface area contributed by atoms with Crippen LogP contribution in [0.4, 0.5) is 0 Å². The largest absolute Gasteiger partial charge is 0.497 e. The van der Waals surface area contributed by atoms with Crippen LogP contribution in [-0.2, 0) is 11.3 Å². The fourth-order valence-electron chi connectivity index (χ4n) is 3.30. The molecule has 2 aromatic rings. The van der Waals surface area contributed by atoms with Gasteiger partial charge in [0.25, 0.3) is 0 Å². The summed E-state index contributed by atoms with van der Waals surface area (Å²) in [5, 5.41) is 2.74. The van der Waals surface area contributed by atoms with Gasteiger partial charge in [0.15, 0.2) is 0 Å². The second kappa shape index (κ2) is 7.07. The lowest BCUT2D eigenvalue weighted by Gasteiger charge is -2.23. The molecule has 1 fully saturated rings. The number of likely N-dealkylation sites (tertiary alicyclic amines) is 1. The molecule has 1 aromatic carbocycles. The molecule has 128 valence electrons. The molecule has 1 aliphatic rings. The van der Waals surface area contributed by atoms with E-state index in [1.165, 1.54) is 0 Å². The lowest BCUT2D eigenvalue weighted by Crippen LogP contribution is -2.41. The molecule has 1 amide bonds. The Balaban J connectivity index is 1.81. The van der Waals surface area contributed by atoms with Crippen molar-refractivity contribution in [1.82, 2.24) is 14.8 Å². The Kier molecular flexibility index (Phi) is 4.87. The molecule has 0 bridgehead atoms. The first-order chi connectivity index (χ1) is 11.6. The fourth-order valence-corrected chi connectivity index (χ4v) is 3.30. The quantitative estimate of drug-likeness (QED) is 0.863. The zero-order chi connectivity index (χ0) is 17.1. The summed E-state index contributed by atoms with van der Waals surface area (Å²) >= 11 is 0. The second-order valence-corrected chi connectivity index (χ2v) is 6.12. The number of nitrogens with one attached hydrogen (secondary N) is 1. The van der Waals surface area contributed by atoms with Crippen LogP contribution in [-0.4, -0.2) is 48.2 Å². The standard InChI is InChI=1S/C18H24N4O2/c1-20-18(23)17-10-13(19)11-21(17)12-15-4-3-9-22(15)14-5-7-16(24-2)8-6-14/h3-9,13,17H,10-12,19H2,1-2H3,(H,20,23)/t13-,17+/m1/s1. The molecule has 2 heterocycles. The number of benzene rings is 1. The van der Waals surface area contributed by atoms with Crippen molar-refractivity contribution in [3.05, 3.63) is 48.3 Å². The molecule has 6 heteroatoms. The Morgan fingerprint density at radius 2 is 2.08 bits per heavy atom. The Hall–Kier alpha value is -2.31. The van der Waals surface area contributed by atoms with Gasteiger partial charge in [-0.3, -0.25) is 9.69 Å². The molecular weight excluding hydrogens is 304 g/mol. The summed E-state index contributed by atoms with van der Waals surface area (Å²) in [5.41, 5.74) is 8.27. The van der Waals surface area contributed by atoms with Gasteiger partial charge in [-0.05, 0) is 42.8 Å². The molecule has 3 rings (SSSR count). The van der Waals surface area contributed by atoms with E-state index in [-0.39, 0.29) is 18.0 Å². The molecule has 1 saturated heterocycles. The van der Waals surface area contributed by atoms with Crippen LogP contribution in [0.5, 0.6) is 5.75 Å². The van der Waals surface area contributed by atoms with Gasteiger partial charge in [-0.25, -0.2) is 0 Å². The smallest absolute Gasteiger partial charge is 0.237 e. The molecule has 2 atom stereocenters. The van der Waals surface area contributed by atoms with Crippen molar-refractivity contribution >= 4 is 5.91 Å². The number of amides is 1. The van der Waals surface area contributed by atoms with Crippen molar-refractivity contribution in [3.63, 3.8) is 0 Å². The van der Waals surface area contributed by atoms with Gasteiger partial charge in [0.05, 0.1) is 13.2 Å². The minimum absolute atomic E-state index is 0.0329. The van der Waals surface area contributed by atoms with Crippen LogP contribution in [0.2, 0.25) is 0 Å². The number of hydrogen-bond acceptors (Lipinski definition) is 4. The Bertz CT molecular complexity index is 695. The van der Waals surface area contributed by atoms with E-state index in [0.29, 0.717) is 13.0 Å². The highest BCUT2D eigenvalue weighted by Gasteiger charge is 2.34. The van der Waals surface area contributed by atoms with Crippen molar-refractivity contribution in [2.75, 3.05) is 20.7 Å². The van der Waals surface area contributed by atoms with E-state index in [1.54, 1.807) is 14.2 Å². The van der Waals surface area contributed by atoms with E-state index in [9.17, 15) is 4.79 Å². The SMILES string of the molecule is CNC(=O)[C@@H]1C[C@@H](N)CN1Cc1cccn1-c1ccc(OC)cc1. The average molecular weight is 328 g/mol. The fraction of sp³-hybridized carbons (Fsp3) is 0.389.